The number of nitrogens with zero attached hydrogens (tertiary/aromatic N) is 3. The van der Waals surface area contributed by atoms with Gasteiger partial charge in [0.15, 0.2) is 5.69 Å². The molecule has 2 aromatic rings. The summed E-state index contributed by atoms with van der Waals surface area (Å²) in [5.41, 5.74) is -0.424. The largest absolute Gasteiger partial charge is 0.394 e. The normalized spacial score (nSPS) is 11.5. The molecule has 0 aliphatic heterocycles. The summed E-state index contributed by atoms with van der Waals surface area (Å²) >= 11 is 1.63. The highest BCUT2D eigenvalue weighted by molar-refractivity contribution is 7.09. The van der Waals surface area contributed by atoms with Crippen molar-refractivity contribution in [1.29, 1.82) is 0 Å². The number of rotatable bonds is 5. The van der Waals surface area contributed by atoms with Crippen LogP contribution in [0.1, 0.15) is 29.2 Å². The molecule has 0 bridgehead atoms. The number of thiophene rings is 1. The SMILES string of the molecule is CC(C)(CO)NC(=O)c1cn(Cc2cccs2)nn1. The molecule has 2 rings (SSSR count). The van der Waals surface area contributed by atoms with Crippen LogP contribution in [0.25, 0.3) is 0 Å². The van der Waals surface area contributed by atoms with Crippen molar-refractivity contribution in [3.8, 4) is 0 Å². The average Bonchev–Trinajstić information content (AvgIpc) is 3.00. The number of hydrogen-bond acceptors (Lipinski definition) is 5. The van der Waals surface area contributed by atoms with Crippen molar-refractivity contribution in [2.24, 2.45) is 0 Å². The van der Waals surface area contributed by atoms with Gasteiger partial charge in [0, 0.05) is 4.88 Å². The molecule has 19 heavy (non-hydrogen) atoms. The van der Waals surface area contributed by atoms with E-state index in [9.17, 15) is 4.79 Å². The van der Waals surface area contributed by atoms with Gasteiger partial charge in [0.1, 0.15) is 0 Å². The number of hydrogen-bond donors (Lipinski definition) is 2. The fourth-order valence-electron chi connectivity index (χ4n) is 1.45. The third-order valence-electron chi connectivity index (χ3n) is 2.52. The molecule has 0 spiro atoms. The monoisotopic (exact) mass is 280 g/mol. The van der Waals surface area contributed by atoms with Crippen molar-refractivity contribution in [3.63, 3.8) is 0 Å². The number of carbonyl (C=O) groups excluding carboxylic acids is 1. The first-order valence-corrected chi connectivity index (χ1v) is 6.74. The summed E-state index contributed by atoms with van der Waals surface area (Å²) in [5.74, 6) is -0.337. The van der Waals surface area contributed by atoms with Crippen LogP contribution in [0.4, 0.5) is 0 Å². The van der Waals surface area contributed by atoms with E-state index in [2.05, 4.69) is 15.6 Å². The Morgan fingerprint density at radius 3 is 3.00 bits per heavy atom. The maximum Gasteiger partial charge on any atom is 0.273 e. The van der Waals surface area contributed by atoms with Crippen molar-refractivity contribution in [2.45, 2.75) is 25.9 Å². The van der Waals surface area contributed by atoms with E-state index >= 15 is 0 Å². The van der Waals surface area contributed by atoms with Gasteiger partial charge in [-0.1, -0.05) is 11.3 Å². The van der Waals surface area contributed by atoms with Crippen molar-refractivity contribution < 1.29 is 9.90 Å². The third-order valence-corrected chi connectivity index (χ3v) is 3.38. The van der Waals surface area contributed by atoms with E-state index in [1.165, 1.54) is 0 Å². The Bertz CT molecular complexity index is 548. The van der Waals surface area contributed by atoms with Crippen molar-refractivity contribution in [1.82, 2.24) is 20.3 Å². The molecule has 0 saturated carbocycles. The van der Waals surface area contributed by atoms with Gasteiger partial charge in [-0.05, 0) is 25.3 Å². The second-order valence-corrected chi connectivity index (χ2v) is 5.91. The second kappa shape index (κ2) is 5.50. The molecule has 0 saturated heterocycles. The summed E-state index contributed by atoms with van der Waals surface area (Å²) < 4.78 is 1.62. The fraction of sp³-hybridized carbons (Fsp3) is 0.417. The van der Waals surface area contributed by atoms with Gasteiger partial charge in [-0.25, -0.2) is 4.68 Å². The maximum atomic E-state index is 11.9. The highest BCUT2D eigenvalue weighted by atomic mass is 32.1. The van der Waals surface area contributed by atoms with Crippen molar-refractivity contribution in [3.05, 3.63) is 34.3 Å². The van der Waals surface area contributed by atoms with E-state index in [0.717, 1.165) is 4.88 Å². The van der Waals surface area contributed by atoms with Gasteiger partial charge in [-0.2, -0.15) is 0 Å². The van der Waals surface area contributed by atoms with Crippen LogP contribution in [0.3, 0.4) is 0 Å². The molecule has 0 atom stereocenters. The standard InChI is InChI=1S/C12H16N4O2S/c1-12(2,8-17)13-11(18)10-7-16(15-14-10)6-9-4-3-5-19-9/h3-5,7,17H,6,8H2,1-2H3,(H,13,18). The smallest absolute Gasteiger partial charge is 0.273 e. The molecular formula is C12H16N4O2S. The minimum atomic E-state index is -0.672. The van der Waals surface area contributed by atoms with Crippen LogP contribution in [-0.2, 0) is 6.54 Å². The van der Waals surface area contributed by atoms with Crippen LogP contribution < -0.4 is 5.32 Å². The Balaban J connectivity index is 2.02. The van der Waals surface area contributed by atoms with Crippen LogP contribution in [0.2, 0.25) is 0 Å². The summed E-state index contributed by atoms with van der Waals surface area (Å²) in [5, 5.41) is 21.6. The van der Waals surface area contributed by atoms with Gasteiger partial charge >= 0.3 is 0 Å². The number of amides is 1. The van der Waals surface area contributed by atoms with E-state index < -0.39 is 5.54 Å². The van der Waals surface area contributed by atoms with Crippen LogP contribution in [0.15, 0.2) is 23.7 Å². The lowest BCUT2D eigenvalue weighted by Crippen LogP contribution is -2.46. The first kappa shape index (κ1) is 13.7. The van der Waals surface area contributed by atoms with E-state index in [-0.39, 0.29) is 18.2 Å². The number of aromatic nitrogens is 3. The predicted octanol–water partition coefficient (Wildman–Crippen LogP) is 0.889. The fourth-order valence-corrected chi connectivity index (χ4v) is 2.15. The molecule has 2 heterocycles. The third kappa shape index (κ3) is 3.62. The van der Waals surface area contributed by atoms with Crippen LogP contribution in [0, 0.1) is 0 Å². The first-order valence-electron chi connectivity index (χ1n) is 5.86. The van der Waals surface area contributed by atoms with Crippen LogP contribution in [-0.4, -0.2) is 38.2 Å². The lowest BCUT2D eigenvalue weighted by atomic mass is 10.1. The number of nitrogens with one attached hydrogen (secondary N) is 1. The minimum Gasteiger partial charge on any atom is -0.394 e. The van der Waals surface area contributed by atoms with Gasteiger partial charge in [0.2, 0.25) is 0 Å². The van der Waals surface area contributed by atoms with E-state index in [1.54, 1.807) is 36.1 Å². The molecule has 0 radical (unpaired) electrons. The van der Waals surface area contributed by atoms with Gasteiger partial charge in [0.25, 0.3) is 5.91 Å². The average molecular weight is 280 g/mol. The topological polar surface area (TPSA) is 80.0 Å². The summed E-state index contributed by atoms with van der Waals surface area (Å²) in [7, 11) is 0. The molecule has 2 aromatic heterocycles. The van der Waals surface area contributed by atoms with E-state index in [1.807, 2.05) is 17.5 Å². The molecule has 0 aromatic carbocycles. The number of carbonyl (C=O) groups is 1. The number of aliphatic hydroxyl groups excluding tert-OH is 1. The highest BCUT2D eigenvalue weighted by Gasteiger charge is 2.21. The molecule has 0 unspecified atom stereocenters. The summed E-state index contributed by atoms with van der Waals surface area (Å²) in [6.07, 6.45) is 1.60. The quantitative estimate of drug-likeness (QED) is 0.852. The van der Waals surface area contributed by atoms with Crippen molar-refractivity contribution in [2.75, 3.05) is 6.61 Å². The summed E-state index contributed by atoms with van der Waals surface area (Å²) in [6, 6.07) is 3.97. The Hall–Kier alpha value is -1.73. The number of aliphatic hydroxyl groups is 1. The second-order valence-electron chi connectivity index (χ2n) is 4.88. The Morgan fingerprint density at radius 1 is 1.58 bits per heavy atom. The summed E-state index contributed by atoms with van der Waals surface area (Å²) in [4.78, 5) is 13.0. The van der Waals surface area contributed by atoms with Gasteiger partial charge < -0.3 is 10.4 Å². The highest BCUT2D eigenvalue weighted by Crippen LogP contribution is 2.10. The molecule has 102 valence electrons. The van der Waals surface area contributed by atoms with Crippen LogP contribution >= 0.6 is 11.3 Å². The van der Waals surface area contributed by atoms with Gasteiger partial charge in [0.05, 0.1) is 24.9 Å². The molecule has 6 nitrogen and oxygen atoms in total. The van der Waals surface area contributed by atoms with Gasteiger partial charge in [-0.3, -0.25) is 4.79 Å². The van der Waals surface area contributed by atoms with Gasteiger partial charge in [-0.15, -0.1) is 16.4 Å². The predicted molar refractivity (Wildman–Crippen MR) is 72.1 cm³/mol. The van der Waals surface area contributed by atoms with Crippen LogP contribution in [0.5, 0.6) is 0 Å². The zero-order chi connectivity index (χ0) is 13.9. The molecule has 0 aliphatic rings. The Kier molecular flexibility index (Phi) is 3.96. The zero-order valence-corrected chi connectivity index (χ0v) is 11.6. The molecular weight excluding hydrogens is 264 g/mol. The molecule has 0 aliphatic carbocycles. The van der Waals surface area contributed by atoms with E-state index in [0.29, 0.717) is 6.54 Å². The molecule has 1 amide bonds. The zero-order valence-electron chi connectivity index (χ0n) is 10.8. The first-order chi connectivity index (χ1) is 9.00. The Morgan fingerprint density at radius 2 is 2.37 bits per heavy atom. The summed E-state index contributed by atoms with van der Waals surface area (Å²) in [6.45, 7) is 3.94. The van der Waals surface area contributed by atoms with Crippen molar-refractivity contribution >= 4 is 17.2 Å². The minimum absolute atomic E-state index is 0.137. The molecule has 2 N–H and O–H groups in total. The maximum absolute atomic E-state index is 11.9. The molecule has 0 fully saturated rings. The lowest BCUT2D eigenvalue weighted by Gasteiger charge is -2.22. The Labute approximate surface area is 115 Å². The lowest BCUT2D eigenvalue weighted by molar-refractivity contribution is 0.0864. The van der Waals surface area contributed by atoms with E-state index in [4.69, 9.17) is 5.11 Å². The molecule has 7 heteroatoms.